The van der Waals surface area contributed by atoms with Crippen LogP contribution >= 0.6 is 11.3 Å². The fourth-order valence-corrected chi connectivity index (χ4v) is 2.91. The summed E-state index contributed by atoms with van der Waals surface area (Å²) in [4.78, 5) is 5.46. The lowest BCUT2D eigenvalue weighted by molar-refractivity contribution is 0.283. The average molecular weight is 254 g/mol. The topological polar surface area (TPSA) is 15.3 Å². The molecule has 3 heteroatoms. The molecule has 0 saturated carbocycles. The second-order valence-electron chi connectivity index (χ2n) is 4.41. The van der Waals surface area contributed by atoms with Crippen LogP contribution in [0, 0.1) is 0 Å². The monoisotopic (exact) mass is 254 g/mol. The maximum absolute atomic E-state index is 3.45. The highest BCUT2D eigenvalue weighted by atomic mass is 32.1. The van der Waals surface area contributed by atoms with Gasteiger partial charge in [0.2, 0.25) is 0 Å². The van der Waals surface area contributed by atoms with E-state index < -0.39 is 0 Å². The van der Waals surface area contributed by atoms with Crippen molar-refractivity contribution in [3.63, 3.8) is 0 Å². The quantitative estimate of drug-likeness (QED) is 0.679. The van der Waals surface area contributed by atoms with Gasteiger partial charge in [-0.2, -0.15) is 0 Å². The third-order valence-electron chi connectivity index (χ3n) is 2.81. The van der Waals surface area contributed by atoms with Crippen LogP contribution < -0.4 is 5.32 Å². The summed E-state index contributed by atoms with van der Waals surface area (Å²) in [7, 11) is 0. The van der Waals surface area contributed by atoms with Crippen LogP contribution in [0.15, 0.2) is 12.1 Å². The molecule has 0 bridgehead atoms. The molecule has 0 aliphatic carbocycles. The van der Waals surface area contributed by atoms with Crippen LogP contribution in [-0.2, 0) is 13.1 Å². The number of nitrogens with zero attached hydrogens (tertiary/aromatic N) is 1. The van der Waals surface area contributed by atoms with Gasteiger partial charge in [-0.15, -0.1) is 11.3 Å². The maximum atomic E-state index is 3.45. The summed E-state index contributed by atoms with van der Waals surface area (Å²) < 4.78 is 0. The van der Waals surface area contributed by atoms with Crippen LogP contribution in [-0.4, -0.2) is 24.5 Å². The summed E-state index contributed by atoms with van der Waals surface area (Å²) in [5.74, 6) is 0. The van der Waals surface area contributed by atoms with Crippen molar-refractivity contribution in [2.75, 3.05) is 19.6 Å². The largest absolute Gasteiger partial charge is 0.312 e. The van der Waals surface area contributed by atoms with Crippen molar-refractivity contribution < 1.29 is 0 Å². The van der Waals surface area contributed by atoms with E-state index in [9.17, 15) is 0 Å². The molecule has 1 aromatic heterocycles. The molecule has 0 fully saturated rings. The predicted octanol–water partition coefficient (Wildman–Crippen LogP) is 3.48. The van der Waals surface area contributed by atoms with Crippen molar-refractivity contribution in [2.45, 2.75) is 46.7 Å². The van der Waals surface area contributed by atoms with Gasteiger partial charge in [0.15, 0.2) is 0 Å². The zero-order valence-electron chi connectivity index (χ0n) is 11.5. The Morgan fingerprint density at radius 2 is 1.88 bits per heavy atom. The van der Waals surface area contributed by atoms with Gasteiger partial charge in [-0.25, -0.2) is 0 Å². The van der Waals surface area contributed by atoms with Crippen molar-refractivity contribution >= 4 is 11.3 Å². The molecule has 0 aromatic carbocycles. The van der Waals surface area contributed by atoms with Crippen LogP contribution in [0.25, 0.3) is 0 Å². The number of nitrogens with one attached hydrogen (secondary N) is 1. The van der Waals surface area contributed by atoms with Gasteiger partial charge in [-0.1, -0.05) is 20.8 Å². The summed E-state index contributed by atoms with van der Waals surface area (Å²) in [5, 5.41) is 3.45. The normalized spacial score (nSPS) is 11.3. The Bertz CT molecular complexity index is 296. The Balaban J connectivity index is 2.38. The Labute approximate surface area is 110 Å². The van der Waals surface area contributed by atoms with Crippen molar-refractivity contribution in [2.24, 2.45) is 0 Å². The minimum absolute atomic E-state index is 1.03. The molecule has 0 amide bonds. The molecule has 0 spiro atoms. The van der Waals surface area contributed by atoms with Gasteiger partial charge in [0.1, 0.15) is 0 Å². The van der Waals surface area contributed by atoms with Gasteiger partial charge in [-0.3, -0.25) is 4.90 Å². The van der Waals surface area contributed by atoms with Gasteiger partial charge < -0.3 is 5.32 Å². The first-order valence-corrected chi connectivity index (χ1v) is 7.62. The molecule has 0 saturated heterocycles. The van der Waals surface area contributed by atoms with Crippen LogP contribution in [0.5, 0.6) is 0 Å². The van der Waals surface area contributed by atoms with Gasteiger partial charge in [0, 0.05) is 22.8 Å². The highest BCUT2D eigenvalue weighted by Crippen LogP contribution is 2.18. The summed E-state index contributed by atoms with van der Waals surface area (Å²) in [6.45, 7) is 12.3. The Morgan fingerprint density at radius 1 is 1.12 bits per heavy atom. The third kappa shape index (κ3) is 5.66. The Morgan fingerprint density at radius 3 is 2.53 bits per heavy atom. The van der Waals surface area contributed by atoms with E-state index in [-0.39, 0.29) is 0 Å². The minimum atomic E-state index is 1.03. The molecule has 1 rings (SSSR count). The summed E-state index contributed by atoms with van der Waals surface area (Å²) >= 11 is 1.95. The molecule has 0 radical (unpaired) electrons. The molecule has 1 N–H and O–H groups in total. The SMILES string of the molecule is CCCNCc1ccc(CN(CC)CCC)s1. The average Bonchev–Trinajstić information content (AvgIpc) is 2.77. The molecular weight excluding hydrogens is 228 g/mol. The molecule has 2 nitrogen and oxygen atoms in total. The molecule has 17 heavy (non-hydrogen) atoms. The van der Waals surface area contributed by atoms with E-state index in [2.05, 4.69) is 43.1 Å². The Hall–Kier alpha value is -0.380. The van der Waals surface area contributed by atoms with Crippen LogP contribution in [0.1, 0.15) is 43.4 Å². The van der Waals surface area contributed by atoms with E-state index in [0.717, 1.165) is 26.2 Å². The van der Waals surface area contributed by atoms with Crippen molar-refractivity contribution in [3.05, 3.63) is 21.9 Å². The number of rotatable bonds is 9. The zero-order valence-corrected chi connectivity index (χ0v) is 12.3. The molecular formula is C14H26N2S. The summed E-state index contributed by atoms with van der Waals surface area (Å²) in [5.41, 5.74) is 0. The first kappa shape index (κ1) is 14.7. The zero-order chi connectivity index (χ0) is 12.5. The molecule has 1 heterocycles. The fraction of sp³-hybridized carbons (Fsp3) is 0.714. The number of thiophene rings is 1. The highest BCUT2D eigenvalue weighted by Gasteiger charge is 2.05. The first-order chi connectivity index (χ1) is 8.30. The van der Waals surface area contributed by atoms with Gasteiger partial charge >= 0.3 is 0 Å². The van der Waals surface area contributed by atoms with E-state index in [1.54, 1.807) is 0 Å². The second kappa shape index (κ2) is 8.67. The number of hydrogen-bond donors (Lipinski definition) is 1. The van der Waals surface area contributed by atoms with Crippen molar-refractivity contribution in [3.8, 4) is 0 Å². The lowest BCUT2D eigenvalue weighted by atomic mass is 10.3. The first-order valence-electron chi connectivity index (χ1n) is 6.80. The number of hydrogen-bond acceptors (Lipinski definition) is 3. The molecule has 98 valence electrons. The summed E-state index contributed by atoms with van der Waals surface area (Å²) in [6.07, 6.45) is 2.45. The molecule has 0 aliphatic heterocycles. The molecule has 1 aromatic rings. The van der Waals surface area contributed by atoms with Gasteiger partial charge in [0.25, 0.3) is 0 Å². The van der Waals surface area contributed by atoms with Crippen LogP contribution in [0.3, 0.4) is 0 Å². The minimum Gasteiger partial charge on any atom is -0.312 e. The maximum Gasteiger partial charge on any atom is 0.0327 e. The van der Waals surface area contributed by atoms with Crippen molar-refractivity contribution in [1.82, 2.24) is 10.2 Å². The van der Waals surface area contributed by atoms with E-state index in [1.807, 2.05) is 11.3 Å². The standard InChI is InChI=1S/C14H26N2S/c1-4-9-15-11-13-7-8-14(17-13)12-16(6-3)10-5-2/h7-8,15H,4-6,9-12H2,1-3H3. The van der Waals surface area contributed by atoms with E-state index in [1.165, 1.54) is 29.1 Å². The molecule has 0 aliphatic rings. The van der Waals surface area contributed by atoms with Crippen LogP contribution in [0.4, 0.5) is 0 Å². The summed E-state index contributed by atoms with van der Waals surface area (Å²) in [6, 6.07) is 4.55. The lowest BCUT2D eigenvalue weighted by Crippen LogP contribution is -2.22. The smallest absolute Gasteiger partial charge is 0.0327 e. The predicted molar refractivity (Wildman–Crippen MR) is 77.6 cm³/mol. The second-order valence-corrected chi connectivity index (χ2v) is 5.67. The van der Waals surface area contributed by atoms with Crippen molar-refractivity contribution in [1.29, 1.82) is 0 Å². The lowest BCUT2D eigenvalue weighted by Gasteiger charge is -2.18. The fourth-order valence-electron chi connectivity index (χ4n) is 1.88. The molecule has 0 atom stereocenters. The van der Waals surface area contributed by atoms with E-state index >= 15 is 0 Å². The van der Waals surface area contributed by atoms with E-state index in [4.69, 9.17) is 0 Å². The Kier molecular flexibility index (Phi) is 7.49. The molecule has 0 unspecified atom stereocenters. The van der Waals surface area contributed by atoms with E-state index in [0.29, 0.717) is 0 Å². The van der Waals surface area contributed by atoms with Gasteiger partial charge in [-0.05, 0) is 44.6 Å². The third-order valence-corrected chi connectivity index (χ3v) is 3.88. The highest BCUT2D eigenvalue weighted by molar-refractivity contribution is 7.11. The van der Waals surface area contributed by atoms with Gasteiger partial charge in [0.05, 0.1) is 0 Å². The van der Waals surface area contributed by atoms with Crippen LogP contribution in [0.2, 0.25) is 0 Å².